The number of nitrogens with one attached hydrogen (secondary N) is 1. The number of halogens is 2. The Bertz CT molecular complexity index is 424. The van der Waals surface area contributed by atoms with Crippen LogP contribution in [0, 0.1) is 18.7 Å². The van der Waals surface area contributed by atoms with Crippen molar-refractivity contribution in [2.75, 3.05) is 6.54 Å². The van der Waals surface area contributed by atoms with Gasteiger partial charge in [0.1, 0.15) is 5.82 Å². The Labute approximate surface area is 120 Å². The molecule has 19 heavy (non-hydrogen) atoms. The Morgan fingerprint density at radius 3 is 2.58 bits per heavy atom. The Kier molecular flexibility index (Phi) is 7.64. The fraction of sp³-hybridized carbons (Fsp3) is 0.500. The van der Waals surface area contributed by atoms with Gasteiger partial charge in [0.05, 0.1) is 6.04 Å². The minimum absolute atomic E-state index is 0. The number of hydrogen-bond donors (Lipinski definition) is 2. The van der Waals surface area contributed by atoms with E-state index in [0.717, 1.165) is 11.1 Å². The summed E-state index contributed by atoms with van der Waals surface area (Å²) in [5.74, 6) is -0.246. The number of hydrogen-bond acceptors (Lipinski definition) is 2. The summed E-state index contributed by atoms with van der Waals surface area (Å²) in [6.45, 7) is 6.20. The van der Waals surface area contributed by atoms with Gasteiger partial charge in [0, 0.05) is 6.54 Å². The first kappa shape index (κ1) is 17.9. The van der Waals surface area contributed by atoms with E-state index in [1.807, 2.05) is 20.8 Å². The van der Waals surface area contributed by atoms with Crippen LogP contribution in [0.2, 0.25) is 0 Å². The van der Waals surface area contributed by atoms with Crippen LogP contribution in [0.5, 0.6) is 0 Å². The van der Waals surface area contributed by atoms with Crippen LogP contribution in [-0.2, 0) is 11.2 Å². The molecule has 0 unspecified atom stereocenters. The smallest absolute Gasteiger partial charge is 0.237 e. The normalized spacial score (nSPS) is 11.9. The quantitative estimate of drug-likeness (QED) is 0.873. The van der Waals surface area contributed by atoms with E-state index in [-0.39, 0.29) is 30.0 Å². The standard InChI is InChI=1S/C14H21FN2O.ClH/c1-9(2)13(16)14(18)17-7-6-11-4-5-12(15)8-10(11)3;/h4-5,8-9,13H,6-7,16H2,1-3H3,(H,17,18);1H/t13-;/m1./s1. The molecule has 0 saturated heterocycles. The van der Waals surface area contributed by atoms with Gasteiger partial charge in [0.15, 0.2) is 0 Å². The summed E-state index contributed by atoms with van der Waals surface area (Å²) < 4.78 is 12.9. The lowest BCUT2D eigenvalue weighted by molar-refractivity contribution is -0.123. The Morgan fingerprint density at radius 1 is 1.42 bits per heavy atom. The monoisotopic (exact) mass is 288 g/mol. The maximum Gasteiger partial charge on any atom is 0.237 e. The zero-order chi connectivity index (χ0) is 13.7. The van der Waals surface area contributed by atoms with E-state index < -0.39 is 6.04 Å². The van der Waals surface area contributed by atoms with Crippen molar-refractivity contribution < 1.29 is 9.18 Å². The molecule has 0 saturated carbocycles. The van der Waals surface area contributed by atoms with Gasteiger partial charge >= 0.3 is 0 Å². The topological polar surface area (TPSA) is 55.1 Å². The predicted molar refractivity (Wildman–Crippen MR) is 77.9 cm³/mol. The van der Waals surface area contributed by atoms with Crippen LogP contribution >= 0.6 is 12.4 Å². The van der Waals surface area contributed by atoms with Crippen molar-refractivity contribution in [1.82, 2.24) is 5.32 Å². The first-order valence-corrected chi connectivity index (χ1v) is 6.20. The van der Waals surface area contributed by atoms with Gasteiger partial charge in [-0.2, -0.15) is 0 Å². The van der Waals surface area contributed by atoms with Crippen LogP contribution in [0.1, 0.15) is 25.0 Å². The van der Waals surface area contributed by atoms with Crippen molar-refractivity contribution in [1.29, 1.82) is 0 Å². The van der Waals surface area contributed by atoms with Gasteiger partial charge in [0.2, 0.25) is 5.91 Å². The third kappa shape index (κ3) is 5.57. The zero-order valence-electron chi connectivity index (χ0n) is 11.6. The van der Waals surface area contributed by atoms with Crippen molar-refractivity contribution in [3.63, 3.8) is 0 Å². The number of aryl methyl sites for hydroxylation is 1. The molecule has 0 radical (unpaired) electrons. The lowest BCUT2D eigenvalue weighted by Gasteiger charge is -2.15. The van der Waals surface area contributed by atoms with Gasteiger partial charge in [-0.25, -0.2) is 4.39 Å². The highest BCUT2D eigenvalue weighted by Gasteiger charge is 2.16. The minimum Gasteiger partial charge on any atom is -0.354 e. The predicted octanol–water partition coefficient (Wildman–Crippen LogP) is 2.20. The highest BCUT2D eigenvalue weighted by Crippen LogP contribution is 2.10. The lowest BCUT2D eigenvalue weighted by Crippen LogP contribution is -2.44. The van der Waals surface area contributed by atoms with Crippen molar-refractivity contribution >= 4 is 18.3 Å². The first-order valence-electron chi connectivity index (χ1n) is 6.20. The molecule has 1 amide bonds. The molecule has 0 aliphatic carbocycles. The highest BCUT2D eigenvalue weighted by atomic mass is 35.5. The number of carbonyl (C=O) groups excluding carboxylic acids is 1. The zero-order valence-corrected chi connectivity index (χ0v) is 12.4. The third-order valence-electron chi connectivity index (χ3n) is 3.02. The second-order valence-electron chi connectivity index (χ2n) is 4.88. The van der Waals surface area contributed by atoms with E-state index in [4.69, 9.17) is 5.73 Å². The summed E-state index contributed by atoms with van der Waals surface area (Å²) in [7, 11) is 0. The molecule has 3 N–H and O–H groups in total. The molecule has 1 atom stereocenters. The second kappa shape index (κ2) is 8.12. The number of amides is 1. The van der Waals surface area contributed by atoms with Crippen molar-refractivity contribution in [2.45, 2.75) is 33.2 Å². The van der Waals surface area contributed by atoms with Gasteiger partial charge in [-0.15, -0.1) is 12.4 Å². The molecule has 0 spiro atoms. The average Bonchev–Trinajstić information content (AvgIpc) is 2.30. The molecule has 0 heterocycles. The van der Waals surface area contributed by atoms with Gasteiger partial charge < -0.3 is 11.1 Å². The van der Waals surface area contributed by atoms with Crippen LogP contribution in [0.25, 0.3) is 0 Å². The van der Waals surface area contributed by atoms with E-state index in [1.54, 1.807) is 6.07 Å². The Balaban J connectivity index is 0.00000324. The summed E-state index contributed by atoms with van der Waals surface area (Å²) in [5, 5.41) is 2.80. The number of nitrogens with two attached hydrogens (primary N) is 1. The molecule has 3 nitrogen and oxygen atoms in total. The summed E-state index contributed by atoms with van der Waals surface area (Å²) in [4.78, 5) is 11.6. The van der Waals surface area contributed by atoms with Gasteiger partial charge in [0.25, 0.3) is 0 Å². The lowest BCUT2D eigenvalue weighted by atomic mass is 10.0. The fourth-order valence-corrected chi connectivity index (χ4v) is 1.68. The van der Waals surface area contributed by atoms with E-state index >= 15 is 0 Å². The summed E-state index contributed by atoms with van der Waals surface area (Å²) >= 11 is 0. The molecule has 0 aliphatic heterocycles. The van der Waals surface area contributed by atoms with Crippen LogP contribution in [0.15, 0.2) is 18.2 Å². The third-order valence-corrected chi connectivity index (χ3v) is 3.02. The summed E-state index contributed by atoms with van der Waals surface area (Å²) in [5.41, 5.74) is 7.66. The first-order chi connectivity index (χ1) is 8.41. The molecular formula is C14H22ClFN2O. The number of benzene rings is 1. The van der Waals surface area contributed by atoms with Crippen molar-refractivity contribution in [3.05, 3.63) is 35.1 Å². The van der Waals surface area contributed by atoms with E-state index in [9.17, 15) is 9.18 Å². The molecule has 1 aromatic rings. The summed E-state index contributed by atoms with van der Waals surface area (Å²) in [6.07, 6.45) is 0.683. The molecule has 108 valence electrons. The average molecular weight is 289 g/mol. The maximum atomic E-state index is 12.9. The molecule has 5 heteroatoms. The molecule has 0 bridgehead atoms. The number of rotatable bonds is 5. The van der Waals surface area contributed by atoms with E-state index in [1.165, 1.54) is 12.1 Å². The minimum atomic E-state index is -0.473. The Morgan fingerprint density at radius 2 is 2.05 bits per heavy atom. The second-order valence-corrected chi connectivity index (χ2v) is 4.88. The molecular weight excluding hydrogens is 267 g/mol. The van der Waals surface area contributed by atoms with Crippen LogP contribution in [-0.4, -0.2) is 18.5 Å². The van der Waals surface area contributed by atoms with E-state index in [0.29, 0.717) is 13.0 Å². The Hall–Kier alpha value is -1.13. The van der Waals surface area contributed by atoms with Crippen molar-refractivity contribution in [3.8, 4) is 0 Å². The maximum absolute atomic E-state index is 12.9. The molecule has 1 aromatic carbocycles. The largest absolute Gasteiger partial charge is 0.354 e. The van der Waals surface area contributed by atoms with Gasteiger partial charge in [-0.3, -0.25) is 4.79 Å². The summed E-state index contributed by atoms with van der Waals surface area (Å²) in [6, 6.07) is 4.21. The molecule has 1 rings (SSSR count). The van der Waals surface area contributed by atoms with Crippen LogP contribution in [0.3, 0.4) is 0 Å². The molecule has 0 fully saturated rings. The highest BCUT2D eigenvalue weighted by molar-refractivity contribution is 5.85. The van der Waals surface area contributed by atoms with Gasteiger partial charge in [-0.1, -0.05) is 19.9 Å². The molecule has 0 aliphatic rings. The van der Waals surface area contributed by atoms with Crippen LogP contribution < -0.4 is 11.1 Å². The number of carbonyl (C=O) groups is 1. The van der Waals surface area contributed by atoms with Crippen LogP contribution in [0.4, 0.5) is 4.39 Å². The van der Waals surface area contributed by atoms with Gasteiger partial charge in [-0.05, 0) is 42.5 Å². The fourth-order valence-electron chi connectivity index (χ4n) is 1.68. The molecule has 0 aromatic heterocycles. The SMILES string of the molecule is Cc1cc(F)ccc1CCNC(=O)[C@H](N)C(C)C.Cl. The van der Waals surface area contributed by atoms with Crippen molar-refractivity contribution in [2.24, 2.45) is 11.7 Å². The van der Waals surface area contributed by atoms with E-state index in [2.05, 4.69) is 5.32 Å².